The molecule has 2 aliphatic rings. The number of rotatable bonds is 5. The van der Waals surface area contributed by atoms with E-state index in [4.69, 9.17) is 0 Å². The van der Waals surface area contributed by atoms with Crippen LogP contribution in [0.2, 0.25) is 0 Å². The zero-order valence-electron chi connectivity index (χ0n) is 12.3. The molecule has 3 nitrogen and oxygen atoms in total. The second-order valence-electron chi connectivity index (χ2n) is 6.53. The predicted molar refractivity (Wildman–Crippen MR) is 87.8 cm³/mol. The summed E-state index contributed by atoms with van der Waals surface area (Å²) in [6.07, 6.45) is 5.11. The Balaban J connectivity index is 1.70. The van der Waals surface area contributed by atoms with E-state index in [-0.39, 0.29) is 6.04 Å². The number of hydrogen-bond acceptors (Lipinski definition) is 2. The standard InChI is InChI=1S/C16H22BrNO2S/c1-11(16-9-13-2-5-14(16)8-13)18-21(19,20)15-6-3-12(10-17)4-7-15/h3-4,6-7,11,13-14,16,18H,2,5,8-10H2,1H3. The molecule has 3 rings (SSSR count). The Morgan fingerprint density at radius 1 is 1.24 bits per heavy atom. The molecule has 0 spiro atoms. The van der Waals surface area contributed by atoms with E-state index in [1.807, 2.05) is 19.1 Å². The monoisotopic (exact) mass is 371 g/mol. The Hall–Kier alpha value is -0.390. The zero-order chi connectivity index (χ0) is 15.0. The maximum atomic E-state index is 12.5. The molecule has 0 aromatic heterocycles. The summed E-state index contributed by atoms with van der Waals surface area (Å²) < 4.78 is 27.9. The van der Waals surface area contributed by atoms with Gasteiger partial charge in [0.25, 0.3) is 0 Å². The first-order valence-corrected chi connectivity index (χ1v) is 10.3. The van der Waals surface area contributed by atoms with Crippen molar-refractivity contribution in [2.45, 2.75) is 48.9 Å². The first-order valence-electron chi connectivity index (χ1n) is 7.67. The van der Waals surface area contributed by atoms with Gasteiger partial charge in [0.2, 0.25) is 10.0 Å². The maximum Gasteiger partial charge on any atom is 0.240 e. The molecule has 4 unspecified atom stereocenters. The van der Waals surface area contributed by atoms with E-state index >= 15 is 0 Å². The van der Waals surface area contributed by atoms with Gasteiger partial charge in [-0.05, 0) is 61.6 Å². The lowest BCUT2D eigenvalue weighted by atomic mass is 9.84. The van der Waals surface area contributed by atoms with Gasteiger partial charge in [-0.1, -0.05) is 34.5 Å². The summed E-state index contributed by atoms with van der Waals surface area (Å²) in [4.78, 5) is 0.363. The van der Waals surface area contributed by atoms with Crippen LogP contribution in [0.25, 0.3) is 0 Å². The van der Waals surface area contributed by atoms with E-state index in [9.17, 15) is 8.42 Å². The van der Waals surface area contributed by atoms with Crippen LogP contribution in [0.1, 0.15) is 38.2 Å². The zero-order valence-corrected chi connectivity index (χ0v) is 14.7. The molecule has 2 fully saturated rings. The van der Waals surface area contributed by atoms with E-state index in [1.165, 1.54) is 25.7 Å². The fourth-order valence-electron chi connectivity index (χ4n) is 4.06. The third kappa shape index (κ3) is 3.20. The number of halogens is 1. The Kier molecular flexibility index (Phi) is 4.44. The van der Waals surface area contributed by atoms with Crippen molar-refractivity contribution in [3.63, 3.8) is 0 Å². The average Bonchev–Trinajstić information content (AvgIpc) is 3.09. The van der Waals surface area contributed by atoms with Gasteiger partial charge >= 0.3 is 0 Å². The third-order valence-corrected chi connectivity index (χ3v) is 7.39. The van der Waals surface area contributed by atoms with E-state index in [2.05, 4.69) is 20.7 Å². The molecule has 1 N–H and O–H groups in total. The van der Waals surface area contributed by atoms with E-state index in [0.29, 0.717) is 10.8 Å². The third-order valence-electron chi connectivity index (χ3n) is 5.16. The predicted octanol–water partition coefficient (Wildman–Crippen LogP) is 3.68. The van der Waals surface area contributed by atoms with E-state index in [0.717, 1.165) is 22.7 Å². The molecule has 2 bridgehead atoms. The van der Waals surface area contributed by atoms with Gasteiger partial charge in [-0.3, -0.25) is 0 Å². The molecule has 21 heavy (non-hydrogen) atoms. The number of sulfonamides is 1. The molecule has 5 heteroatoms. The highest BCUT2D eigenvalue weighted by Crippen LogP contribution is 2.49. The Morgan fingerprint density at radius 3 is 2.48 bits per heavy atom. The van der Waals surface area contributed by atoms with Gasteiger partial charge in [0.1, 0.15) is 0 Å². The summed E-state index contributed by atoms with van der Waals surface area (Å²) in [5.74, 6) is 2.08. The fourth-order valence-corrected chi connectivity index (χ4v) is 5.73. The summed E-state index contributed by atoms with van der Waals surface area (Å²) >= 11 is 3.37. The molecule has 0 aliphatic heterocycles. The van der Waals surface area contributed by atoms with Crippen molar-refractivity contribution in [1.29, 1.82) is 0 Å². The van der Waals surface area contributed by atoms with Crippen molar-refractivity contribution < 1.29 is 8.42 Å². The van der Waals surface area contributed by atoms with Crippen molar-refractivity contribution in [3.05, 3.63) is 29.8 Å². The lowest BCUT2D eigenvalue weighted by Crippen LogP contribution is -2.40. The summed E-state index contributed by atoms with van der Waals surface area (Å²) in [7, 11) is -3.40. The number of nitrogens with one attached hydrogen (secondary N) is 1. The summed E-state index contributed by atoms with van der Waals surface area (Å²) in [5.41, 5.74) is 1.08. The van der Waals surface area contributed by atoms with Crippen LogP contribution >= 0.6 is 15.9 Å². The first kappa shape index (κ1) is 15.5. The van der Waals surface area contributed by atoms with Crippen LogP contribution in [0, 0.1) is 17.8 Å². The van der Waals surface area contributed by atoms with Crippen molar-refractivity contribution in [2.24, 2.45) is 17.8 Å². The fraction of sp³-hybridized carbons (Fsp3) is 0.625. The lowest BCUT2D eigenvalue weighted by molar-refractivity contribution is 0.280. The highest BCUT2D eigenvalue weighted by molar-refractivity contribution is 9.08. The van der Waals surface area contributed by atoms with Gasteiger partial charge < -0.3 is 0 Å². The van der Waals surface area contributed by atoms with Crippen LogP contribution in [0.15, 0.2) is 29.2 Å². The largest absolute Gasteiger partial charge is 0.240 e. The number of fused-ring (bicyclic) bond motifs is 2. The van der Waals surface area contributed by atoms with Crippen LogP contribution in [0.4, 0.5) is 0 Å². The molecule has 2 aliphatic carbocycles. The van der Waals surface area contributed by atoms with Gasteiger partial charge in [-0.15, -0.1) is 0 Å². The lowest BCUT2D eigenvalue weighted by Gasteiger charge is -2.28. The van der Waals surface area contributed by atoms with Crippen LogP contribution < -0.4 is 4.72 Å². The Bertz CT molecular complexity index is 599. The molecule has 0 saturated heterocycles. The van der Waals surface area contributed by atoms with Gasteiger partial charge in [0.15, 0.2) is 0 Å². The maximum absolute atomic E-state index is 12.5. The van der Waals surface area contributed by atoms with Gasteiger partial charge in [-0.2, -0.15) is 0 Å². The molecule has 0 heterocycles. The van der Waals surface area contributed by atoms with Gasteiger partial charge in [0.05, 0.1) is 4.90 Å². The highest BCUT2D eigenvalue weighted by atomic mass is 79.9. The minimum Gasteiger partial charge on any atom is -0.208 e. The van der Waals surface area contributed by atoms with Gasteiger partial charge in [0, 0.05) is 11.4 Å². The molecule has 4 atom stereocenters. The van der Waals surface area contributed by atoms with Crippen molar-refractivity contribution >= 4 is 26.0 Å². The van der Waals surface area contributed by atoms with Gasteiger partial charge in [-0.25, -0.2) is 13.1 Å². The van der Waals surface area contributed by atoms with Crippen LogP contribution in [0.5, 0.6) is 0 Å². The number of alkyl halides is 1. The second-order valence-corrected chi connectivity index (χ2v) is 8.80. The Labute approximate surface area is 135 Å². The van der Waals surface area contributed by atoms with E-state index < -0.39 is 10.0 Å². The minimum absolute atomic E-state index is 0.0288. The molecule has 1 aromatic carbocycles. The normalized spacial score (nSPS) is 29.7. The molecule has 0 amide bonds. The van der Waals surface area contributed by atoms with Crippen LogP contribution in [-0.4, -0.2) is 14.5 Å². The molecule has 116 valence electrons. The second kappa shape index (κ2) is 6.01. The highest BCUT2D eigenvalue weighted by Gasteiger charge is 2.42. The molecular weight excluding hydrogens is 350 g/mol. The average molecular weight is 372 g/mol. The van der Waals surface area contributed by atoms with E-state index in [1.54, 1.807) is 12.1 Å². The first-order chi connectivity index (χ1) is 9.99. The van der Waals surface area contributed by atoms with Crippen molar-refractivity contribution in [1.82, 2.24) is 4.72 Å². The quantitative estimate of drug-likeness (QED) is 0.802. The van der Waals surface area contributed by atoms with Crippen molar-refractivity contribution in [2.75, 3.05) is 0 Å². The van der Waals surface area contributed by atoms with Crippen molar-refractivity contribution in [3.8, 4) is 0 Å². The summed E-state index contributed by atoms with van der Waals surface area (Å²) in [6, 6.07) is 7.11. The minimum atomic E-state index is -3.40. The molecular formula is C16H22BrNO2S. The molecule has 0 radical (unpaired) electrons. The van der Waals surface area contributed by atoms with Crippen LogP contribution in [-0.2, 0) is 15.4 Å². The molecule has 2 saturated carbocycles. The summed E-state index contributed by atoms with van der Waals surface area (Å²) in [5, 5.41) is 0.738. The van der Waals surface area contributed by atoms with Crippen LogP contribution in [0.3, 0.4) is 0 Å². The SMILES string of the molecule is CC(NS(=O)(=O)c1ccc(CBr)cc1)C1CC2CCC1C2. The smallest absolute Gasteiger partial charge is 0.208 e. The topological polar surface area (TPSA) is 46.2 Å². The number of benzene rings is 1. The molecule has 1 aromatic rings. The Morgan fingerprint density at radius 2 is 1.95 bits per heavy atom. The summed E-state index contributed by atoms with van der Waals surface area (Å²) in [6.45, 7) is 2.02. The number of hydrogen-bond donors (Lipinski definition) is 1.